The Hall–Kier alpha value is 3.32. The Kier molecular flexibility index (Phi) is 1750. The maximum atomic E-state index is 0. The van der Waals surface area contributed by atoms with Gasteiger partial charge in [-0.05, 0) is 0 Å². The number of hydrogen-bond acceptors (Lipinski definition) is 0. The van der Waals surface area contributed by atoms with E-state index in [1.54, 1.807) is 0 Å². The third-order valence-electron chi connectivity index (χ3n) is 0. The summed E-state index contributed by atoms with van der Waals surface area (Å²) < 4.78 is 0. The third-order valence-corrected chi connectivity index (χ3v) is 0. The van der Waals surface area contributed by atoms with Crippen LogP contribution in [-0.2, 0) is 21.1 Å². The van der Waals surface area contributed by atoms with E-state index in [0.717, 1.165) is 0 Å². The summed E-state index contributed by atoms with van der Waals surface area (Å²) >= 11 is 0. The molecule has 9 heavy (non-hydrogen) atoms. The molecule has 0 atom stereocenters. The summed E-state index contributed by atoms with van der Waals surface area (Å²) in [4.78, 5) is 0. The van der Waals surface area contributed by atoms with Gasteiger partial charge in [0.15, 0.2) is 0 Å². The summed E-state index contributed by atoms with van der Waals surface area (Å²) in [5, 5.41) is 0. The van der Waals surface area contributed by atoms with Crippen molar-refractivity contribution in [1.29, 1.82) is 0 Å². The van der Waals surface area contributed by atoms with E-state index in [0.29, 0.717) is 0 Å². The van der Waals surface area contributed by atoms with Crippen molar-refractivity contribution in [1.82, 2.24) is 0 Å². The molecule has 0 radical (unpaired) electrons. The molecule has 0 bridgehead atoms. The van der Waals surface area contributed by atoms with E-state index in [2.05, 4.69) is 0 Å². The third kappa shape index (κ3) is 89.3. The first-order valence-electron chi connectivity index (χ1n) is 0. The van der Waals surface area contributed by atoms with E-state index in [4.69, 9.17) is 0 Å². The number of hydrogen-bond donors (Lipinski definition) is 0. The van der Waals surface area contributed by atoms with E-state index in [9.17, 15) is 0 Å². The van der Waals surface area contributed by atoms with Gasteiger partial charge in [0.1, 0.15) is 0 Å². The zero-order chi connectivity index (χ0) is 0. The fourth-order valence-electron chi connectivity index (χ4n) is 0. The Balaban J connectivity index is 0. The molecule has 0 aromatic rings. The van der Waals surface area contributed by atoms with Crippen LogP contribution in [0.15, 0.2) is 0 Å². The van der Waals surface area contributed by atoms with Gasteiger partial charge in [0.05, 0.1) is 0 Å². The maximum Gasteiger partial charge on any atom is 6.00 e. The monoisotopic (exact) mass is 350 g/mol. The first kappa shape index (κ1) is 143. The summed E-state index contributed by atoms with van der Waals surface area (Å²) in [6, 6.07) is 0. The van der Waals surface area contributed by atoms with Gasteiger partial charge in [-0.3, -0.25) is 0 Å². The maximum absolute atomic E-state index is 0. The minimum atomic E-state index is 0. The summed E-state index contributed by atoms with van der Waals surface area (Å²) in [5.74, 6) is 0. The van der Waals surface area contributed by atoms with E-state index in [-0.39, 0.29) is 127 Å². The van der Waals surface area contributed by atoms with Crippen LogP contribution >= 0.6 is 0 Å². The summed E-state index contributed by atoms with van der Waals surface area (Å²) in [7, 11) is 0. The van der Waals surface area contributed by atoms with Crippen molar-refractivity contribution < 1.29 is 127 Å². The average Bonchev–Trinajstić information content (AvgIpc) is 0. The molecule has 0 unspecified atom stereocenters. The predicted molar refractivity (Wildman–Crippen MR) is 0 cm³/mol. The molecule has 0 heterocycles. The Morgan fingerprint density at radius 3 is 0.333 bits per heavy atom. The van der Waals surface area contributed by atoms with Gasteiger partial charge in [-0.1, -0.05) is 0 Å². The Labute approximate surface area is 125 Å². The molecule has 0 aromatic carbocycles. The van der Waals surface area contributed by atoms with Gasteiger partial charge in [-0.15, -0.1) is 0 Å². The Morgan fingerprint density at radius 1 is 0.333 bits per heavy atom. The Bertz CT molecular complexity index is 8.88. The summed E-state index contributed by atoms with van der Waals surface area (Å²) in [5.41, 5.74) is 0. The fraction of sp³-hybridized carbons (Fsp3) is 0. The smallest absolute Gasteiger partial charge is 1.00 e. The molecule has 0 aliphatic rings. The van der Waals surface area contributed by atoms with Gasteiger partial charge >= 0.3 is 39.9 Å². The normalized spacial score (nSPS) is 0. The van der Waals surface area contributed by atoms with Crippen molar-refractivity contribution in [2.75, 3.05) is 0 Å². The van der Waals surface area contributed by atoms with Crippen LogP contribution in [0.3, 0.4) is 0 Å². The van der Waals surface area contributed by atoms with Gasteiger partial charge in [0, 0.05) is 0 Å². The SMILES string of the molecule is [Cl-].[Cl-].[Cl-].[Cl-].[Cl-].[Cl-].[Cl-].[Li+].[Mo+6]. The molecule has 0 saturated carbocycles. The molecule has 9 heteroatoms. The molecule has 0 rings (SSSR count). The number of halogens is 7. The number of rotatable bonds is 0. The standard InChI is InChI=1S/7ClH.Li.Mo/h7*1H;;/q;;;;;;;+1;+6/p-7. The van der Waals surface area contributed by atoms with Crippen molar-refractivity contribution >= 4 is 0 Å². The van der Waals surface area contributed by atoms with Gasteiger partial charge in [0.25, 0.3) is 0 Å². The van der Waals surface area contributed by atoms with Crippen molar-refractivity contribution in [3.63, 3.8) is 0 Å². The van der Waals surface area contributed by atoms with Crippen LogP contribution in [0.5, 0.6) is 0 Å². The summed E-state index contributed by atoms with van der Waals surface area (Å²) in [6.45, 7) is 0. The molecular formula is Cl7LiMo. The zero-order valence-corrected chi connectivity index (χ0v) is 11.4. The molecule has 0 nitrogen and oxygen atoms in total. The summed E-state index contributed by atoms with van der Waals surface area (Å²) in [6.07, 6.45) is 0. The van der Waals surface area contributed by atoms with E-state index >= 15 is 0 Å². The van der Waals surface area contributed by atoms with Crippen LogP contribution in [-0.4, -0.2) is 0 Å². The largest absolute Gasteiger partial charge is 6.00 e. The van der Waals surface area contributed by atoms with Crippen LogP contribution in [0, 0.1) is 0 Å². The van der Waals surface area contributed by atoms with Gasteiger partial charge < -0.3 is 86.8 Å². The molecule has 0 amide bonds. The van der Waals surface area contributed by atoms with Crippen LogP contribution in [0.4, 0.5) is 0 Å². The molecule has 0 N–H and O–H groups in total. The van der Waals surface area contributed by atoms with E-state index in [1.807, 2.05) is 0 Å². The van der Waals surface area contributed by atoms with Crippen LogP contribution < -0.4 is 106 Å². The van der Waals surface area contributed by atoms with Crippen LogP contribution in [0.2, 0.25) is 0 Å². The first-order chi connectivity index (χ1) is 0. The van der Waals surface area contributed by atoms with Crippen molar-refractivity contribution in [3.05, 3.63) is 0 Å². The molecule has 0 aliphatic heterocycles. The van der Waals surface area contributed by atoms with E-state index in [1.165, 1.54) is 0 Å². The second-order valence-electron chi connectivity index (χ2n) is 0. The molecule has 0 aliphatic carbocycles. The minimum absolute atomic E-state index is 0. The molecule has 0 fully saturated rings. The fourth-order valence-corrected chi connectivity index (χ4v) is 0. The first-order valence-corrected chi connectivity index (χ1v) is 0. The van der Waals surface area contributed by atoms with Crippen LogP contribution in [0.1, 0.15) is 0 Å². The minimum Gasteiger partial charge on any atom is -1.00 e. The Morgan fingerprint density at radius 2 is 0.333 bits per heavy atom. The quantitative estimate of drug-likeness (QED) is 0.381. The predicted octanol–water partition coefficient (Wildman–Crippen LogP) is -24.0. The average molecular weight is 351 g/mol. The van der Waals surface area contributed by atoms with Crippen molar-refractivity contribution in [3.8, 4) is 0 Å². The second-order valence-corrected chi connectivity index (χ2v) is 0. The van der Waals surface area contributed by atoms with Crippen molar-refractivity contribution in [2.24, 2.45) is 0 Å². The van der Waals surface area contributed by atoms with Gasteiger partial charge in [-0.25, -0.2) is 0 Å². The molecular weight excluding hydrogens is 351 g/mol. The zero-order valence-electron chi connectivity index (χ0n) is 4.05. The van der Waals surface area contributed by atoms with Gasteiger partial charge in [0.2, 0.25) is 0 Å². The topological polar surface area (TPSA) is 0 Å². The van der Waals surface area contributed by atoms with Crippen LogP contribution in [0.25, 0.3) is 0 Å². The van der Waals surface area contributed by atoms with E-state index < -0.39 is 0 Å². The van der Waals surface area contributed by atoms with Crippen molar-refractivity contribution in [2.45, 2.75) is 0 Å². The molecule has 0 spiro atoms. The second kappa shape index (κ2) is 110. The molecule has 56 valence electrons. The van der Waals surface area contributed by atoms with Gasteiger partial charge in [-0.2, -0.15) is 0 Å². The molecule has 0 saturated heterocycles. The molecule has 0 aromatic heterocycles.